The summed E-state index contributed by atoms with van der Waals surface area (Å²) in [6.45, 7) is 0.609. The Morgan fingerprint density at radius 1 is 1.12 bits per heavy atom. The van der Waals surface area contributed by atoms with Crippen LogP contribution in [0.1, 0.15) is 22.3 Å². The molecule has 3 rings (SSSR count). The van der Waals surface area contributed by atoms with Gasteiger partial charge in [0.2, 0.25) is 0 Å². The molecule has 0 aliphatic heterocycles. The smallest absolute Gasteiger partial charge is 0.253 e. The summed E-state index contributed by atoms with van der Waals surface area (Å²) in [5.74, 6) is -0.126. The standard InChI is InChI=1S/C19H22N6O/c1-24(2)16-11-9-15(10-12-16)6-5-13-20-19(26)17-7-3-4-8-18(17)25-14-21-22-23-25/h3-4,7-12,14H,5-6,13H2,1-2H3,(H,20,26). The molecule has 0 unspecified atom stereocenters. The normalized spacial score (nSPS) is 10.5. The van der Waals surface area contributed by atoms with E-state index in [1.54, 1.807) is 6.07 Å². The number of benzene rings is 2. The molecule has 1 N–H and O–H groups in total. The summed E-state index contributed by atoms with van der Waals surface area (Å²) in [5, 5.41) is 14.1. The first-order chi connectivity index (χ1) is 12.6. The van der Waals surface area contributed by atoms with Crippen molar-refractivity contribution in [3.05, 3.63) is 66.0 Å². The van der Waals surface area contributed by atoms with Crippen LogP contribution in [0.15, 0.2) is 54.9 Å². The third kappa shape index (κ3) is 4.24. The highest BCUT2D eigenvalue weighted by Crippen LogP contribution is 2.14. The van der Waals surface area contributed by atoms with Gasteiger partial charge in [-0.05, 0) is 53.1 Å². The minimum atomic E-state index is -0.126. The number of hydrogen-bond acceptors (Lipinski definition) is 5. The number of hydrogen-bond donors (Lipinski definition) is 1. The van der Waals surface area contributed by atoms with Crippen LogP contribution in [0.2, 0.25) is 0 Å². The van der Waals surface area contributed by atoms with E-state index >= 15 is 0 Å². The largest absolute Gasteiger partial charge is 0.378 e. The highest BCUT2D eigenvalue weighted by atomic mass is 16.1. The van der Waals surface area contributed by atoms with Gasteiger partial charge in [-0.2, -0.15) is 4.68 Å². The maximum absolute atomic E-state index is 12.5. The molecule has 1 amide bonds. The second-order valence-electron chi connectivity index (χ2n) is 6.19. The van der Waals surface area contributed by atoms with Crippen molar-refractivity contribution in [1.82, 2.24) is 25.5 Å². The number of nitrogens with one attached hydrogen (secondary N) is 1. The van der Waals surface area contributed by atoms with Gasteiger partial charge in [-0.15, -0.1) is 5.10 Å². The van der Waals surface area contributed by atoms with E-state index in [2.05, 4.69) is 50.0 Å². The number of tetrazole rings is 1. The van der Waals surface area contributed by atoms with Gasteiger partial charge in [-0.3, -0.25) is 4.79 Å². The minimum Gasteiger partial charge on any atom is -0.378 e. The lowest BCUT2D eigenvalue weighted by Crippen LogP contribution is -2.26. The molecule has 1 aromatic heterocycles. The zero-order chi connectivity index (χ0) is 18.4. The van der Waals surface area contributed by atoms with Gasteiger partial charge in [-0.1, -0.05) is 24.3 Å². The molecule has 0 saturated heterocycles. The molecule has 0 aliphatic rings. The molecular weight excluding hydrogens is 328 g/mol. The lowest BCUT2D eigenvalue weighted by molar-refractivity contribution is 0.0953. The number of amides is 1. The maximum atomic E-state index is 12.5. The average molecular weight is 350 g/mol. The fraction of sp³-hybridized carbons (Fsp3) is 0.263. The number of nitrogens with zero attached hydrogens (tertiary/aromatic N) is 5. The van der Waals surface area contributed by atoms with Crippen molar-refractivity contribution < 1.29 is 4.79 Å². The van der Waals surface area contributed by atoms with Crippen LogP contribution in [0.25, 0.3) is 5.69 Å². The second-order valence-corrected chi connectivity index (χ2v) is 6.19. The summed E-state index contributed by atoms with van der Waals surface area (Å²) in [6.07, 6.45) is 3.27. The van der Waals surface area contributed by atoms with Crippen LogP contribution in [0.5, 0.6) is 0 Å². The Morgan fingerprint density at radius 2 is 1.88 bits per heavy atom. The van der Waals surface area contributed by atoms with Gasteiger partial charge in [0.25, 0.3) is 5.91 Å². The number of aryl methyl sites for hydroxylation is 1. The third-order valence-electron chi connectivity index (χ3n) is 4.13. The topological polar surface area (TPSA) is 75.9 Å². The second kappa shape index (κ2) is 8.24. The van der Waals surface area contributed by atoms with Crippen LogP contribution in [0.3, 0.4) is 0 Å². The average Bonchev–Trinajstić information content (AvgIpc) is 3.20. The van der Waals surface area contributed by atoms with E-state index in [0.29, 0.717) is 17.8 Å². The number of carbonyl (C=O) groups excluding carboxylic acids is 1. The predicted molar refractivity (Wildman–Crippen MR) is 101 cm³/mol. The van der Waals surface area contributed by atoms with E-state index in [1.165, 1.54) is 22.3 Å². The zero-order valence-electron chi connectivity index (χ0n) is 15.0. The molecule has 0 radical (unpaired) electrons. The van der Waals surface area contributed by atoms with E-state index in [0.717, 1.165) is 12.8 Å². The SMILES string of the molecule is CN(C)c1ccc(CCCNC(=O)c2ccccc2-n2cnnn2)cc1. The molecule has 0 aliphatic carbocycles. The van der Waals surface area contributed by atoms with Crippen molar-refractivity contribution >= 4 is 11.6 Å². The van der Waals surface area contributed by atoms with E-state index in [9.17, 15) is 4.79 Å². The van der Waals surface area contributed by atoms with Crippen LogP contribution in [0, 0.1) is 0 Å². The molecule has 1 heterocycles. The molecule has 0 saturated carbocycles. The Balaban J connectivity index is 1.54. The van der Waals surface area contributed by atoms with Crippen molar-refractivity contribution in [3.63, 3.8) is 0 Å². The van der Waals surface area contributed by atoms with Crippen molar-refractivity contribution in [3.8, 4) is 5.69 Å². The molecular formula is C19H22N6O. The van der Waals surface area contributed by atoms with Crippen LogP contribution in [-0.4, -0.2) is 46.8 Å². The molecule has 7 nitrogen and oxygen atoms in total. The molecule has 3 aromatic rings. The molecule has 0 fully saturated rings. The van der Waals surface area contributed by atoms with Crippen LogP contribution >= 0.6 is 0 Å². The van der Waals surface area contributed by atoms with Crippen molar-refractivity contribution in [1.29, 1.82) is 0 Å². The lowest BCUT2D eigenvalue weighted by Gasteiger charge is -2.13. The van der Waals surface area contributed by atoms with Gasteiger partial charge >= 0.3 is 0 Å². The minimum absolute atomic E-state index is 0.126. The number of para-hydroxylation sites is 1. The molecule has 134 valence electrons. The molecule has 0 atom stereocenters. The number of aromatic nitrogens is 4. The Labute approximate surface area is 152 Å². The molecule has 0 bridgehead atoms. The van der Waals surface area contributed by atoms with Gasteiger partial charge in [0.05, 0.1) is 11.3 Å². The van der Waals surface area contributed by atoms with E-state index in [4.69, 9.17) is 0 Å². The molecule has 2 aromatic carbocycles. The summed E-state index contributed by atoms with van der Waals surface area (Å²) in [6, 6.07) is 15.7. The molecule has 0 spiro atoms. The maximum Gasteiger partial charge on any atom is 0.253 e. The van der Waals surface area contributed by atoms with Crippen LogP contribution < -0.4 is 10.2 Å². The fourth-order valence-electron chi connectivity index (χ4n) is 2.69. The summed E-state index contributed by atoms with van der Waals surface area (Å²) in [5.41, 5.74) is 3.66. The Kier molecular flexibility index (Phi) is 5.58. The summed E-state index contributed by atoms with van der Waals surface area (Å²) in [7, 11) is 4.05. The van der Waals surface area contributed by atoms with Gasteiger partial charge in [0.15, 0.2) is 0 Å². The highest BCUT2D eigenvalue weighted by molar-refractivity contribution is 5.97. The highest BCUT2D eigenvalue weighted by Gasteiger charge is 2.12. The predicted octanol–water partition coefficient (Wildman–Crippen LogP) is 2.09. The first kappa shape index (κ1) is 17.6. The van der Waals surface area contributed by atoms with Crippen LogP contribution in [-0.2, 0) is 6.42 Å². The van der Waals surface area contributed by atoms with E-state index in [-0.39, 0.29) is 5.91 Å². The van der Waals surface area contributed by atoms with Crippen molar-refractivity contribution in [2.45, 2.75) is 12.8 Å². The van der Waals surface area contributed by atoms with Gasteiger partial charge in [0.1, 0.15) is 6.33 Å². The first-order valence-corrected chi connectivity index (χ1v) is 8.52. The van der Waals surface area contributed by atoms with E-state index in [1.807, 2.05) is 32.3 Å². The lowest BCUT2D eigenvalue weighted by atomic mass is 10.1. The third-order valence-corrected chi connectivity index (χ3v) is 4.13. The molecule has 7 heteroatoms. The molecule has 26 heavy (non-hydrogen) atoms. The monoisotopic (exact) mass is 350 g/mol. The zero-order valence-corrected chi connectivity index (χ0v) is 15.0. The Bertz CT molecular complexity index is 843. The Hall–Kier alpha value is -3.22. The van der Waals surface area contributed by atoms with Crippen molar-refractivity contribution in [2.75, 3.05) is 25.5 Å². The fourth-order valence-corrected chi connectivity index (χ4v) is 2.69. The summed E-state index contributed by atoms with van der Waals surface area (Å²) in [4.78, 5) is 14.6. The number of anilines is 1. The van der Waals surface area contributed by atoms with Gasteiger partial charge in [0, 0.05) is 26.3 Å². The Morgan fingerprint density at radius 3 is 2.58 bits per heavy atom. The van der Waals surface area contributed by atoms with Gasteiger partial charge < -0.3 is 10.2 Å². The van der Waals surface area contributed by atoms with Crippen LogP contribution in [0.4, 0.5) is 5.69 Å². The summed E-state index contributed by atoms with van der Waals surface area (Å²) >= 11 is 0. The first-order valence-electron chi connectivity index (χ1n) is 8.52. The van der Waals surface area contributed by atoms with Crippen molar-refractivity contribution in [2.24, 2.45) is 0 Å². The number of carbonyl (C=O) groups is 1. The quantitative estimate of drug-likeness (QED) is 0.660. The summed E-state index contributed by atoms with van der Waals surface area (Å²) < 4.78 is 1.49. The number of rotatable bonds is 7. The van der Waals surface area contributed by atoms with Gasteiger partial charge in [-0.25, -0.2) is 0 Å². The van der Waals surface area contributed by atoms with E-state index < -0.39 is 0 Å².